The van der Waals surface area contributed by atoms with Crippen LogP contribution in [0.25, 0.3) is 0 Å². The molecule has 0 saturated heterocycles. The van der Waals surface area contributed by atoms with E-state index in [1.165, 1.54) is 0 Å². The van der Waals surface area contributed by atoms with Gasteiger partial charge in [0.2, 0.25) is 0 Å². The van der Waals surface area contributed by atoms with Crippen molar-refractivity contribution >= 4 is 27.5 Å². The topological polar surface area (TPSA) is 38.3 Å². The van der Waals surface area contributed by atoms with Crippen LogP contribution in [0.15, 0.2) is 46.9 Å². The van der Waals surface area contributed by atoms with E-state index in [9.17, 15) is 4.79 Å². The molecule has 1 aliphatic rings. The maximum absolute atomic E-state index is 12.2. The summed E-state index contributed by atoms with van der Waals surface area (Å²) in [4.78, 5) is 12.2. The van der Waals surface area contributed by atoms with E-state index >= 15 is 0 Å². The van der Waals surface area contributed by atoms with Crippen LogP contribution in [0, 0.1) is 6.92 Å². The Labute approximate surface area is 126 Å². The fourth-order valence-corrected chi connectivity index (χ4v) is 2.52. The number of carbonyl (C=O) groups is 1. The van der Waals surface area contributed by atoms with Gasteiger partial charge >= 0.3 is 0 Å². The van der Waals surface area contributed by atoms with Crippen molar-refractivity contribution in [3.8, 4) is 5.75 Å². The largest absolute Gasteiger partial charge is 0.480 e. The molecule has 3 nitrogen and oxygen atoms in total. The summed E-state index contributed by atoms with van der Waals surface area (Å²) in [6.07, 6.45) is 0.175. The van der Waals surface area contributed by atoms with Crippen molar-refractivity contribution in [1.82, 2.24) is 0 Å². The van der Waals surface area contributed by atoms with Crippen LogP contribution in [0.5, 0.6) is 5.75 Å². The molecule has 0 unspecified atom stereocenters. The highest BCUT2D eigenvalue weighted by atomic mass is 79.9. The molecule has 1 aliphatic heterocycles. The lowest BCUT2D eigenvalue weighted by molar-refractivity contribution is -0.122. The van der Waals surface area contributed by atoms with Crippen LogP contribution in [-0.4, -0.2) is 12.0 Å². The van der Waals surface area contributed by atoms with Crippen molar-refractivity contribution in [2.24, 2.45) is 0 Å². The highest BCUT2D eigenvalue weighted by Gasteiger charge is 2.28. The molecule has 3 rings (SSSR count). The fraction of sp³-hybridized carbons (Fsp3) is 0.188. The minimum atomic E-state index is -0.448. The SMILES string of the molecule is Cc1cc(NC(=O)[C@@H]2Cc3ccccc3O2)ccc1Br. The smallest absolute Gasteiger partial charge is 0.265 e. The highest BCUT2D eigenvalue weighted by Crippen LogP contribution is 2.29. The first-order valence-corrected chi connectivity index (χ1v) is 7.24. The summed E-state index contributed by atoms with van der Waals surface area (Å²) in [6, 6.07) is 13.5. The quantitative estimate of drug-likeness (QED) is 0.911. The van der Waals surface area contributed by atoms with Crippen LogP contribution in [0.3, 0.4) is 0 Å². The molecule has 102 valence electrons. The second kappa shape index (κ2) is 5.29. The van der Waals surface area contributed by atoms with E-state index < -0.39 is 6.10 Å². The van der Waals surface area contributed by atoms with Gasteiger partial charge in [-0.25, -0.2) is 0 Å². The number of fused-ring (bicyclic) bond motifs is 1. The van der Waals surface area contributed by atoms with E-state index in [-0.39, 0.29) is 5.91 Å². The summed E-state index contributed by atoms with van der Waals surface area (Å²) in [5.74, 6) is 0.697. The van der Waals surface area contributed by atoms with E-state index in [1.807, 2.05) is 49.4 Å². The van der Waals surface area contributed by atoms with Gasteiger partial charge in [0, 0.05) is 16.6 Å². The molecule has 0 saturated carbocycles. The molecule has 0 bridgehead atoms. The number of hydrogen-bond donors (Lipinski definition) is 1. The van der Waals surface area contributed by atoms with Gasteiger partial charge in [-0.1, -0.05) is 34.1 Å². The van der Waals surface area contributed by atoms with Crippen LogP contribution in [0.2, 0.25) is 0 Å². The molecule has 0 aromatic heterocycles. The number of anilines is 1. The summed E-state index contributed by atoms with van der Waals surface area (Å²) in [5.41, 5.74) is 2.95. The summed E-state index contributed by atoms with van der Waals surface area (Å²) < 4.78 is 6.70. The molecule has 1 amide bonds. The molecule has 2 aromatic rings. The van der Waals surface area contributed by atoms with Crippen LogP contribution < -0.4 is 10.1 Å². The third-order valence-electron chi connectivity index (χ3n) is 3.37. The predicted octanol–water partition coefficient (Wildman–Crippen LogP) is 3.70. The van der Waals surface area contributed by atoms with Gasteiger partial charge in [0.05, 0.1) is 0 Å². The monoisotopic (exact) mass is 331 g/mol. The molecule has 0 radical (unpaired) electrons. The van der Waals surface area contributed by atoms with Crippen molar-refractivity contribution in [3.05, 3.63) is 58.1 Å². The number of aryl methyl sites for hydroxylation is 1. The van der Waals surface area contributed by atoms with E-state index in [0.717, 1.165) is 27.0 Å². The Kier molecular flexibility index (Phi) is 3.49. The number of amides is 1. The fourth-order valence-electron chi connectivity index (χ4n) is 2.27. The van der Waals surface area contributed by atoms with E-state index in [1.54, 1.807) is 0 Å². The minimum absolute atomic E-state index is 0.108. The minimum Gasteiger partial charge on any atom is -0.480 e. The first-order valence-electron chi connectivity index (χ1n) is 6.45. The lowest BCUT2D eigenvalue weighted by Crippen LogP contribution is -2.31. The Balaban J connectivity index is 1.71. The predicted molar refractivity (Wildman–Crippen MR) is 82.1 cm³/mol. The first-order chi connectivity index (χ1) is 9.63. The standard InChI is InChI=1S/C16H14BrNO2/c1-10-8-12(6-7-13(10)17)18-16(19)15-9-11-4-2-3-5-14(11)20-15/h2-8,15H,9H2,1H3,(H,18,19)/t15-/m0/s1. The number of rotatable bonds is 2. The first kappa shape index (κ1) is 13.2. The van der Waals surface area contributed by atoms with Gasteiger partial charge in [0.15, 0.2) is 6.10 Å². The van der Waals surface area contributed by atoms with Gasteiger partial charge in [0.25, 0.3) is 5.91 Å². The number of carbonyl (C=O) groups excluding carboxylic acids is 1. The number of hydrogen-bond acceptors (Lipinski definition) is 2. The van der Waals surface area contributed by atoms with Gasteiger partial charge in [-0.2, -0.15) is 0 Å². The molecule has 0 fully saturated rings. The summed E-state index contributed by atoms with van der Waals surface area (Å²) in [6.45, 7) is 1.99. The van der Waals surface area contributed by atoms with Crippen molar-refractivity contribution in [2.75, 3.05) is 5.32 Å². The third kappa shape index (κ3) is 2.56. The molecule has 0 spiro atoms. The molecule has 0 aliphatic carbocycles. The molecule has 1 atom stereocenters. The van der Waals surface area contributed by atoms with Gasteiger partial charge in [-0.3, -0.25) is 4.79 Å². The number of nitrogens with one attached hydrogen (secondary N) is 1. The highest BCUT2D eigenvalue weighted by molar-refractivity contribution is 9.10. The molecule has 1 heterocycles. The maximum atomic E-state index is 12.2. The van der Waals surface area contributed by atoms with Crippen LogP contribution >= 0.6 is 15.9 Å². The molecular weight excluding hydrogens is 318 g/mol. The maximum Gasteiger partial charge on any atom is 0.265 e. The molecular formula is C16H14BrNO2. The van der Waals surface area contributed by atoms with Gasteiger partial charge in [0.1, 0.15) is 5.75 Å². The van der Waals surface area contributed by atoms with Gasteiger partial charge in [-0.05, 0) is 42.3 Å². The zero-order valence-corrected chi connectivity index (χ0v) is 12.6. The number of benzene rings is 2. The van der Waals surface area contributed by atoms with Crippen molar-refractivity contribution in [1.29, 1.82) is 0 Å². The van der Waals surface area contributed by atoms with E-state index in [4.69, 9.17) is 4.74 Å². The molecule has 2 aromatic carbocycles. The Morgan fingerprint density at radius 3 is 2.85 bits per heavy atom. The lowest BCUT2D eigenvalue weighted by atomic mass is 10.1. The van der Waals surface area contributed by atoms with Crippen LogP contribution in [0.4, 0.5) is 5.69 Å². The number of ether oxygens (including phenoxy) is 1. The molecule has 4 heteroatoms. The molecule has 1 N–H and O–H groups in total. The van der Waals surface area contributed by atoms with Crippen LogP contribution in [0.1, 0.15) is 11.1 Å². The van der Waals surface area contributed by atoms with Gasteiger partial charge in [-0.15, -0.1) is 0 Å². The normalized spacial score (nSPS) is 16.4. The van der Waals surface area contributed by atoms with E-state index in [2.05, 4.69) is 21.2 Å². The Morgan fingerprint density at radius 2 is 2.10 bits per heavy atom. The number of para-hydroxylation sites is 1. The second-order valence-corrected chi connectivity index (χ2v) is 5.73. The zero-order chi connectivity index (χ0) is 14.1. The van der Waals surface area contributed by atoms with Crippen molar-refractivity contribution in [3.63, 3.8) is 0 Å². The average Bonchev–Trinajstić information content (AvgIpc) is 2.87. The Hall–Kier alpha value is -1.81. The summed E-state index contributed by atoms with van der Waals surface area (Å²) in [5, 5.41) is 2.90. The van der Waals surface area contributed by atoms with Crippen molar-refractivity contribution < 1.29 is 9.53 Å². The summed E-state index contributed by atoms with van der Waals surface area (Å²) >= 11 is 3.44. The van der Waals surface area contributed by atoms with E-state index in [0.29, 0.717) is 6.42 Å². The summed E-state index contributed by atoms with van der Waals surface area (Å²) in [7, 11) is 0. The lowest BCUT2D eigenvalue weighted by Gasteiger charge is -2.12. The number of halogens is 1. The molecule has 20 heavy (non-hydrogen) atoms. The van der Waals surface area contributed by atoms with Crippen LogP contribution in [-0.2, 0) is 11.2 Å². The van der Waals surface area contributed by atoms with Crippen molar-refractivity contribution in [2.45, 2.75) is 19.4 Å². The zero-order valence-electron chi connectivity index (χ0n) is 11.0. The Bertz CT molecular complexity index is 644. The average molecular weight is 332 g/mol. The Morgan fingerprint density at radius 1 is 1.30 bits per heavy atom. The third-order valence-corrected chi connectivity index (χ3v) is 4.25. The second-order valence-electron chi connectivity index (χ2n) is 4.87. The van der Waals surface area contributed by atoms with Gasteiger partial charge < -0.3 is 10.1 Å².